The summed E-state index contributed by atoms with van der Waals surface area (Å²) >= 11 is 11.6. The van der Waals surface area contributed by atoms with Crippen LogP contribution in [0.1, 0.15) is 22.3 Å². The van der Waals surface area contributed by atoms with Crippen molar-refractivity contribution in [2.45, 2.75) is 27.2 Å². The minimum Gasteiger partial charge on any atom is -0.362 e. The van der Waals surface area contributed by atoms with E-state index in [2.05, 4.69) is 47.9 Å². The third kappa shape index (κ3) is 4.46. The maximum absolute atomic E-state index is 6.28. The van der Waals surface area contributed by atoms with Crippen molar-refractivity contribution >= 4 is 34.6 Å². The Bertz CT molecular complexity index is 660. The first-order valence-corrected chi connectivity index (χ1v) is 8.12. The number of thiocarbonyl (C=S) groups is 1. The number of benzene rings is 2. The Balaban J connectivity index is 1.90. The quantitative estimate of drug-likeness (QED) is 0.787. The number of hydrogen-bond donors (Lipinski definition) is 2. The van der Waals surface area contributed by atoms with Crippen molar-refractivity contribution in [1.29, 1.82) is 0 Å². The van der Waals surface area contributed by atoms with Crippen LogP contribution in [-0.2, 0) is 6.42 Å². The van der Waals surface area contributed by atoms with Crippen LogP contribution in [0.2, 0.25) is 5.02 Å². The van der Waals surface area contributed by atoms with E-state index in [0.717, 1.165) is 29.8 Å². The Morgan fingerprint density at radius 3 is 2.50 bits per heavy atom. The van der Waals surface area contributed by atoms with Gasteiger partial charge in [-0.3, -0.25) is 0 Å². The maximum Gasteiger partial charge on any atom is 0.170 e. The number of rotatable bonds is 4. The summed E-state index contributed by atoms with van der Waals surface area (Å²) in [6.07, 6.45) is 0.940. The lowest BCUT2D eigenvalue weighted by Crippen LogP contribution is -2.30. The average Bonchev–Trinajstić information content (AvgIpc) is 2.45. The molecule has 116 valence electrons. The third-order valence-corrected chi connectivity index (χ3v) is 4.16. The topological polar surface area (TPSA) is 24.1 Å². The van der Waals surface area contributed by atoms with Gasteiger partial charge >= 0.3 is 0 Å². The van der Waals surface area contributed by atoms with Crippen LogP contribution in [0.15, 0.2) is 36.4 Å². The molecule has 0 heterocycles. The fourth-order valence-electron chi connectivity index (χ4n) is 2.43. The molecule has 0 aliphatic heterocycles. The van der Waals surface area contributed by atoms with Gasteiger partial charge in [0.05, 0.1) is 10.7 Å². The molecule has 2 N–H and O–H groups in total. The Labute approximate surface area is 142 Å². The lowest BCUT2D eigenvalue weighted by atomic mass is 10.1. The molecule has 0 atom stereocenters. The van der Waals surface area contributed by atoms with Crippen molar-refractivity contribution in [3.05, 3.63) is 63.7 Å². The SMILES string of the molecule is Cc1cc(C)c(NC(=S)NCCc2ccccc2C)c(Cl)c1. The smallest absolute Gasteiger partial charge is 0.170 e. The van der Waals surface area contributed by atoms with Gasteiger partial charge in [-0.15, -0.1) is 0 Å². The highest BCUT2D eigenvalue weighted by molar-refractivity contribution is 7.80. The zero-order valence-electron chi connectivity index (χ0n) is 13.2. The monoisotopic (exact) mass is 332 g/mol. The maximum atomic E-state index is 6.28. The van der Waals surface area contributed by atoms with E-state index in [1.807, 2.05) is 19.9 Å². The molecule has 0 spiro atoms. The van der Waals surface area contributed by atoms with Gasteiger partial charge in [-0.25, -0.2) is 0 Å². The number of halogens is 1. The van der Waals surface area contributed by atoms with Crippen LogP contribution in [0.25, 0.3) is 0 Å². The van der Waals surface area contributed by atoms with Crippen molar-refractivity contribution in [3.8, 4) is 0 Å². The van der Waals surface area contributed by atoms with Gasteiger partial charge in [-0.05, 0) is 67.7 Å². The van der Waals surface area contributed by atoms with E-state index in [1.54, 1.807) is 0 Å². The zero-order chi connectivity index (χ0) is 16.1. The van der Waals surface area contributed by atoms with E-state index < -0.39 is 0 Å². The average molecular weight is 333 g/mol. The molecular formula is C18H21ClN2S. The van der Waals surface area contributed by atoms with Crippen LogP contribution in [0.4, 0.5) is 5.69 Å². The molecule has 22 heavy (non-hydrogen) atoms. The minimum absolute atomic E-state index is 0.599. The molecule has 0 aliphatic carbocycles. The normalized spacial score (nSPS) is 10.4. The first-order chi connectivity index (χ1) is 10.5. The van der Waals surface area contributed by atoms with Crippen molar-refractivity contribution in [2.24, 2.45) is 0 Å². The summed E-state index contributed by atoms with van der Waals surface area (Å²) < 4.78 is 0. The second-order valence-corrected chi connectivity index (χ2v) is 6.31. The molecule has 2 nitrogen and oxygen atoms in total. The van der Waals surface area contributed by atoms with Gasteiger partial charge in [0.15, 0.2) is 5.11 Å². The van der Waals surface area contributed by atoms with Gasteiger partial charge in [-0.2, -0.15) is 0 Å². The van der Waals surface area contributed by atoms with Crippen molar-refractivity contribution in [2.75, 3.05) is 11.9 Å². The van der Waals surface area contributed by atoms with Gasteiger partial charge in [0.1, 0.15) is 0 Å². The molecule has 2 rings (SSSR count). The predicted molar refractivity (Wildman–Crippen MR) is 100 cm³/mol. The fourth-order valence-corrected chi connectivity index (χ4v) is 3.01. The van der Waals surface area contributed by atoms with Crippen LogP contribution in [0.3, 0.4) is 0 Å². The summed E-state index contributed by atoms with van der Waals surface area (Å²) in [5, 5.41) is 7.73. The van der Waals surface area contributed by atoms with Gasteiger partial charge in [0.2, 0.25) is 0 Å². The van der Waals surface area contributed by atoms with Gasteiger partial charge in [0.25, 0.3) is 0 Å². The molecule has 2 aromatic carbocycles. The lowest BCUT2D eigenvalue weighted by molar-refractivity contribution is 0.867. The second-order valence-electron chi connectivity index (χ2n) is 5.50. The summed E-state index contributed by atoms with van der Waals surface area (Å²) in [5.74, 6) is 0. The third-order valence-electron chi connectivity index (χ3n) is 3.61. The summed E-state index contributed by atoms with van der Waals surface area (Å²) in [7, 11) is 0. The molecule has 0 aromatic heterocycles. The standard InChI is InChI=1S/C18H21ClN2S/c1-12-10-14(3)17(16(19)11-12)21-18(22)20-9-8-15-7-5-4-6-13(15)2/h4-7,10-11H,8-9H2,1-3H3,(H2,20,21,22). The van der Waals surface area contributed by atoms with Crippen LogP contribution in [0.5, 0.6) is 0 Å². The lowest BCUT2D eigenvalue weighted by Gasteiger charge is -2.15. The minimum atomic E-state index is 0.599. The molecule has 0 radical (unpaired) electrons. The van der Waals surface area contributed by atoms with E-state index in [0.29, 0.717) is 10.1 Å². The Kier molecular flexibility index (Phi) is 5.81. The second kappa shape index (κ2) is 7.61. The number of hydrogen-bond acceptors (Lipinski definition) is 1. The molecule has 0 amide bonds. The number of anilines is 1. The highest BCUT2D eigenvalue weighted by Gasteiger charge is 2.07. The van der Waals surface area contributed by atoms with Crippen LogP contribution >= 0.6 is 23.8 Å². The van der Waals surface area contributed by atoms with E-state index in [1.165, 1.54) is 11.1 Å². The fraction of sp³-hybridized carbons (Fsp3) is 0.278. The van der Waals surface area contributed by atoms with Crippen LogP contribution in [-0.4, -0.2) is 11.7 Å². The molecule has 0 fully saturated rings. The number of aryl methyl sites for hydroxylation is 3. The molecule has 0 bridgehead atoms. The van der Waals surface area contributed by atoms with Crippen molar-refractivity contribution in [3.63, 3.8) is 0 Å². The van der Waals surface area contributed by atoms with Gasteiger partial charge in [0, 0.05) is 6.54 Å². The summed E-state index contributed by atoms with van der Waals surface area (Å²) in [6.45, 7) is 6.97. The first kappa shape index (κ1) is 16.8. The summed E-state index contributed by atoms with van der Waals surface area (Å²) in [6, 6.07) is 12.4. The van der Waals surface area contributed by atoms with Gasteiger partial charge < -0.3 is 10.6 Å². The Hall–Kier alpha value is -1.58. The highest BCUT2D eigenvalue weighted by atomic mass is 35.5. The molecular weight excluding hydrogens is 312 g/mol. The molecule has 0 unspecified atom stereocenters. The molecule has 0 saturated heterocycles. The molecule has 4 heteroatoms. The van der Waals surface area contributed by atoms with Crippen LogP contribution < -0.4 is 10.6 Å². The zero-order valence-corrected chi connectivity index (χ0v) is 14.7. The van der Waals surface area contributed by atoms with E-state index in [4.69, 9.17) is 23.8 Å². The summed E-state index contributed by atoms with van der Waals surface area (Å²) in [5.41, 5.74) is 5.75. The predicted octanol–water partition coefficient (Wildman–Crippen LogP) is 4.79. The Morgan fingerprint density at radius 1 is 1.09 bits per heavy atom. The van der Waals surface area contributed by atoms with Crippen LogP contribution in [0, 0.1) is 20.8 Å². The molecule has 2 aromatic rings. The van der Waals surface area contributed by atoms with E-state index >= 15 is 0 Å². The molecule has 0 aliphatic rings. The van der Waals surface area contributed by atoms with E-state index in [9.17, 15) is 0 Å². The van der Waals surface area contributed by atoms with Crippen molar-refractivity contribution < 1.29 is 0 Å². The number of nitrogens with one attached hydrogen (secondary N) is 2. The van der Waals surface area contributed by atoms with E-state index in [-0.39, 0.29) is 0 Å². The van der Waals surface area contributed by atoms with Crippen molar-refractivity contribution in [1.82, 2.24) is 5.32 Å². The first-order valence-electron chi connectivity index (χ1n) is 7.33. The summed E-state index contributed by atoms with van der Waals surface area (Å²) in [4.78, 5) is 0. The Morgan fingerprint density at radius 2 is 1.82 bits per heavy atom. The highest BCUT2D eigenvalue weighted by Crippen LogP contribution is 2.27. The molecule has 0 saturated carbocycles. The van der Waals surface area contributed by atoms with Gasteiger partial charge in [-0.1, -0.05) is 41.9 Å². The largest absolute Gasteiger partial charge is 0.362 e.